The van der Waals surface area contributed by atoms with Crippen LogP contribution in [0, 0.1) is 11.3 Å². The molecule has 4 heteroatoms. The topological polar surface area (TPSA) is 65.3 Å². The van der Waals surface area contributed by atoms with Gasteiger partial charge < -0.3 is 9.84 Å². The third-order valence-corrected chi connectivity index (χ3v) is 3.22. The number of ether oxygens (including phenoxy) is 1. The lowest BCUT2D eigenvalue weighted by Crippen LogP contribution is -2.21. The summed E-state index contributed by atoms with van der Waals surface area (Å²) < 4.78 is 5.20. The number of nitrogens with one attached hydrogen (secondary N) is 1. The molecule has 0 saturated carbocycles. The summed E-state index contributed by atoms with van der Waals surface area (Å²) in [6.07, 6.45) is 0.642. The summed E-state index contributed by atoms with van der Waals surface area (Å²) in [5.41, 5.74) is 0.933. The van der Waals surface area contributed by atoms with Crippen molar-refractivity contribution in [1.82, 2.24) is 5.32 Å². The first-order valence-electron chi connectivity index (χ1n) is 6.60. The monoisotopic (exact) mass is 270 g/mol. The quantitative estimate of drug-likeness (QED) is 0.791. The maximum Gasteiger partial charge on any atom is 0.121 e. The molecular formula is C16H18N2O2. The van der Waals surface area contributed by atoms with Crippen LogP contribution in [-0.2, 0) is 0 Å². The molecule has 0 fully saturated rings. The number of nitrogens with zero attached hydrogens (tertiary/aromatic N) is 1. The fourth-order valence-electron chi connectivity index (χ4n) is 2.11. The van der Waals surface area contributed by atoms with E-state index in [1.54, 1.807) is 7.11 Å². The number of hydrogen-bond acceptors (Lipinski definition) is 4. The summed E-state index contributed by atoms with van der Waals surface area (Å²) >= 11 is 0. The molecule has 2 aromatic carbocycles. The molecule has 0 aliphatic rings. The van der Waals surface area contributed by atoms with Crippen molar-refractivity contribution in [2.75, 3.05) is 20.3 Å². The number of hydrogen-bond donors (Lipinski definition) is 2. The van der Waals surface area contributed by atoms with Crippen LogP contribution in [0.1, 0.15) is 18.0 Å². The lowest BCUT2D eigenvalue weighted by molar-refractivity contribution is 0.285. The van der Waals surface area contributed by atoms with Gasteiger partial charge in [-0.25, -0.2) is 0 Å². The molecule has 104 valence electrons. The average Bonchev–Trinajstić information content (AvgIpc) is 2.50. The lowest BCUT2D eigenvalue weighted by atomic mass is 10.0. The van der Waals surface area contributed by atoms with Crippen molar-refractivity contribution < 1.29 is 9.84 Å². The molecule has 0 heterocycles. The number of aliphatic hydroxyl groups is 1. The maximum atomic E-state index is 9.24. The minimum atomic E-state index is -0.354. The highest BCUT2D eigenvalue weighted by Gasteiger charge is 2.10. The van der Waals surface area contributed by atoms with Gasteiger partial charge in [-0.05, 0) is 47.5 Å². The van der Waals surface area contributed by atoms with Crippen LogP contribution in [0.5, 0.6) is 5.75 Å². The van der Waals surface area contributed by atoms with Gasteiger partial charge in [0.1, 0.15) is 11.8 Å². The van der Waals surface area contributed by atoms with E-state index < -0.39 is 0 Å². The van der Waals surface area contributed by atoms with Crippen molar-refractivity contribution in [3.05, 3.63) is 42.0 Å². The highest BCUT2D eigenvalue weighted by Crippen LogP contribution is 2.24. The molecule has 0 aliphatic carbocycles. The van der Waals surface area contributed by atoms with Gasteiger partial charge in [-0.1, -0.05) is 18.2 Å². The van der Waals surface area contributed by atoms with Gasteiger partial charge in [0.25, 0.3) is 0 Å². The predicted octanol–water partition coefficient (Wildman–Crippen LogP) is 2.39. The molecule has 0 saturated heterocycles. The molecule has 0 amide bonds. The summed E-state index contributed by atoms with van der Waals surface area (Å²) in [7, 11) is 1.65. The number of fused-ring (bicyclic) bond motifs is 1. The van der Waals surface area contributed by atoms with E-state index in [1.165, 1.54) is 0 Å². The normalized spacial score (nSPS) is 12.1. The van der Waals surface area contributed by atoms with E-state index in [1.807, 2.05) is 36.4 Å². The van der Waals surface area contributed by atoms with Gasteiger partial charge in [-0.2, -0.15) is 5.26 Å². The third kappa shape index (κ3) is 3.27. The molecule has 0 spiro atoms. The molecule has 1 unspecified atom stereocenters. The first-order chi connectivity index (χ1) is 9.78. The standard InChI is InChI=1S/C16H18N2O2/c1-20-15-6-5-12-9-14(4-3-13(12)10-15)16(11-17)18-7-2-8-19/h3-6,9-10,16,18-19H,2,7-8H2,1H3. The number of aliphatic hydroxyl groups excluding tert-OH is 1. The van der Waals surface area contributed by atoms with Crippen molar-refractivity contribution in [3.63, 3.8) is 0 Å². The number of rotatable bonds is 6. The first-order valence-corrected chi connectivity index (χ1v) is 6.60. The Bertz CT molecular complexity index is 619. The van der Waals surface area contributed by atoms with E-state index in [2.05, 4.69) is 11.4 Å². The van der Waals surface area contributed by atoms with Crippen molar-refractivity contribution in [3.8, 4) is 11.8 Å². The fourth-order valence-corrected chi connectivity index (χ4v) is 2.11. The summed E-state index contributed by atoms with van der Waals surface area (Å²) in [4.78, 5) is 0. The van der Waals surface area contributed by atoms with Gasteiger partial charge in [0.15, 0.2) is 0 Å². The molecule has 2 aromatic rings. The van der Waals surface area contributed by atoms with Crippen molar-refractivity contribution in [2.24, 2.45) is 0 Å². The Labute approximate surface area is 118 Å². The van der Waals surface area contributed by atoms with E-state index in [-0.39, 0.29) is 12.6 Å². The van der Waals surface area contributed by atoms with Gasteiger partial charge in [0.2, 0.25) is 0 Å². The molecule has 0 aliphatic heterocycles. The number of methoxy groups -OCH3 is 1. The Kier molecular flexibility index (Phi) is 4.94. The Morgan fingerprint density at radius 3 is 2.70 bits per heavy atom. The minimum absolute atomic E-state index is 0.128. The zero-order valence-electron chi connectivity index (χ0n) is 11.5. The van der Waals surface area contributed by atoms with Crippen molar-refractivity contribution in [2.45, 2.75) is 12.5 Å². The molecule has 2 rings (SSSR count). The molecule has 0 bridgehead atoms. The van der Waals surface area contributed by atoms with Gasteiger partial charge in [0, 0.05) is 6.61 Å². The predicted molar refractivity (Wildman–Crippen MR) is 78.6 cm³/mol. The van der Waals surface area contributed by atoms with Crippen LogP contribution in [0.25, 0.3) is 10.8 Å². The number of benzene rings is 2. The molecule has 2 N–H and O–H groups in total. The molecule has 1 atom stereocenters. The average molecular weight is 270 g/mol. The van der Waals surface area contributed by atoms with Gasteiger partial charge >= 0.3 is 0 Å². The van der Waals surface area contributed by atoms with Crippen molar-refractivity contribution >= 4 is 10.8 Å². The lowest BCUT2D eigenvalue weighted by Gasteiger charge is -2.12. The van der Waals surface area contributed by atoms with Gasteiger partial charge in [-0.3, -0.25) is 5.32 Å². The van der Waals surface area contributed by atoms with Crippen LogP contribution >= 0.6 is 0 Å². The second-order valence-electron chi connectivity index (χ2n) is 4.57. The van der Waals surface area contributed by atoms with E-state index in [4.69, 9.17) is 9.84 Å². The van der Waals surface area contributed by atoms with Crippen LogP contribution in [0.2, 0.25) is 0 Å². The highest BCUT2D eigenvalue weighted by molar-refractivity contribution is 5.84. The Balaban J connectivity index is 2.24. The smallest absolute Gasteiger partial charge is 0.121 e. The van der Waals surface area contributed by atoms with E-state index in [9.17, 15) is 5.26 Å². The zero-order valence-corrected chi connectivity index (χ0v) is 11.5. The summed E-state index contributed by atoms with van der Waals surface area (Å²) in [5, 5.41) is 23.3. The largest absolute Gasteiger partial charge is 0.497 e. The first kappa shape index (κ1) is 14.3. The second kappa shape index (κ2) is 6.90. The van der Waals surface area contributed by atoms with Crippen molar-refractivity contribution in [1.29, 1.82) is 5.26 Å². The van der Waals surface area contributed by atoms with E-state index in [0.717, 1.165) is 22.1 Å². The van der Waals surface area contributed by atoms with Crippen LogP contribution in [0.15, 0.2) is 36.4 Å². The fraction of sp³-hybridized carbons (Fsp3) is 0.312. The SMILES string of the molecule is COc1ccc2cc(C(C#N)NCCCO)ccc2c1. The third-order valence-electron chi connectivity index (χ3n) is 3.22. The van der Waals surface area contributed by atoms with Gasteiger partial charge in [0.05, 0.1) is 13.2 Å². The molecule has 0 aromatic heterocycles. The Hall–Kier alpha value is -2.09. The summed E-state index contributed by atoms with van der Waals surface area (Å²) in [5.74, 6) is 0.822. The van der Waals surface area contributed by atoms with Gasteiger partial charge in [-0.15, -0.1) is 0 Å². The highest BCUT2D eigenvalue weighted by atomic mass is 16.5. The van der Waals surface area contributed by atoms with Crippen LogP contribution in [0.3, 0.4) is 0 Å². The van der Waals surface area contributed by atoms with E-state index in [0.29, 0.717) is 13.0 Å². The van der Waals surface area contributed by atoms with Crippen LogP contribution in [-0.4, -0.2) is 25.4 Å². The minimum Gasteiger partial charge on any atom is -0.497 e. The molecule has 20 heavy (non-hydrogen) atoms. The maximum absolute atomic E-state index is 9.24. The second-order valence-corrected chi connectivity index (χ2v) is 4.57. The molecule has 0 radical (unpaired) electrons. The zero-order chi connectivity index (χ0) is 14.4. The Morgan fingerprint density at radius 2 is 2.00 bits per heavy atom. The molecule has 4 nitrogen and oxygen atoms in total. The number of nitriles is 1. The summed E-state index contributed by atoms with van der Waals surface area (Å²) in [6, 6.07) is 13.7. The van der Waals surface area contributed by atoms with E-state index >= 15 is 0 Å². The summed E-state index contributed by atoms with van der Waals surface area (Å²) in [6.45, 7) is 0.748. The van der Waals surface area contributed by atoms with Crippen LogP contribution < -0.4 is 10.1 Å². The molecular weight excluding hydrogens is 252 g/mol. The Morgan fingerprint density at radius 1 is 1.25 bits per heavy atom. The van der Waals surface area contributed by atoms with Crippen LogP contribution in [0.4, 0.5) is 0 Å².